The van der Waals surface area contributed by atoms with E-state index in [2.05, 4.69) is 9.80 Å². The van der Waals surface area contributed by atoms with Crippen LogP contribution < -0.4 is 4.90 Å². The van der Waals surface area contributed by atoms with Gasteiger partial charge in [0.05, 0.1) is 12.5 Å². The number of rotatable bonds is 7. The van der Waals surface area contributed by atoms with Crippen molar-refractivity contribution in [3.8, 4) is 0 Å². The lowest BCUT2D eigenvalue weighted by molar-refractivity contribution is -0.121. The summed E-state index contributed by atoms with van der Waals surface area (Å²) < 4.78 is 5.43. The quantitative estimate of drug-likeness (QED) is 0.695. The van der Waals surface area contributed by atoms with Crippen LogP contribution in [0, 0.1) is 5.92 Å². The molecule has 2 fully saturated rings. The lowest BCUT2D eigenvalue weighted by atomic mass is 10.1. The Morgan fingerprint density at radius 1 is 1.08 bits per heavy atom. The van der Waals surface area contributed by atoms with Crippen LogP contribution in [0.3, 0.4) is 0 Å². The number of benzene rings is 1. The number of hydrogen-bond acceptors (Lipinski definition) is 4. The molecule has 0 bridgehead atoms. The van der Waals surface area contributed by atoms with E-state index in [4.69, 9.17) is 16.3 Å². The van der Waals surface area contributed by atoms with Crippen LogP contribution in [-0.4, -0.2) is 74.7 Å². The minimum absolute atomic E-state index is 0.116. The molecule has 6 heteroatoms. The average molecular weight is 366 g/mol. The molecule has 0 aliphatic carbocycles. The molecule has 0 N–H and O–H groups in total. The Kier molecular flexibility index (Phi) is 6.70. The molecule has 25 heavy (non-hydrogen) atoms. The minimum Gasteiger partial charge on any atom is -0.380 e. The molecular weight excluding hydrogens is 338 g/mol. The van der Waals surface area contributed by atoms with E-state index < -0.39 is 0 Å². The number of hydrogen-bond donors (Lipinski definition) is 0. The van der Waals surface area contributed by atoms with Gasteiger partial charge >= 0.3 is 0 Å². The van der Waals surface area contributed by atoms with Crippen molar-refractivity contribution in [2.75, 3.05) is 63.9 Å². The van der Waals surface area contributed by atoms with Crippen molar-refractivity contribution in [1.82, 2.24) is 9.80 Å². The topological polar surface area (TPSA) is 36.0 Å². The van der Waals surface area contributed by atoms with E-state index in [1.54, 1.807) is 0 Å². The van der Waals surface area contributed by atoms with Crippen LogP contribution in [-0.2, 0) is 9.53 Å². The van der Waals surface area contributed by atoms with Crippen molar-refractivity contribution in [3.05, 3.63) is 29.3 Å². The third-order valence-electron chi connectivity index (χ3n) is 5.15. The highest BCUT2D eigenvalue weighted by Gasteiger charge is 2.34. The summed E-state index contributed by atoms with van der Waals surface area (Å²) in [5.41, 5.74) is 0.956. The van der Waals surface area contributed by atoms with E-state index in [0.717, 1.165) is 71.1 Å². The molecule has 2 aliphatic heterocycles. The molecule has 138 valence electrons. The standard InChI is InChI=1S/C19H28ClN3O2/c1-2-25-14-13-21-9-11-22(12-10-21)15-16-7-8-23(19(16)24)18-5-3-17(20)4-6-18/h3-6,16H,2,7-15H2,1H3. The molecule has 5 nitrogen and oxygen atoms in total. The largest absolute Gasteiger partial charge is 0.380 e. The lowest BCUT2D eigenvalue weighted by Crippen LogP contribution is -2.49. The van der Waals surface area contributed by atoms with Gasteiger partial charge < -0.3 is 14.5 Å². The molecule has 2 saturated heterocycles. The van der Waals surface area contributed by atoms with Gasteiger partial charge in [-0.25, -0.2) is 0 Å². The van der Waals surface area contributed by atoms with E-state index in [1.807, 2.05) is 36.1 Å². The van der Waals surface area contributed by atoms with Crippen molar-refractivity contribution in [2.45, 2.75) is 13.3 Å². The number of halogens is 1. The fourth-order valence-electron chi connectivity index (χ4n) is 3.63. The van der Waals surface area contributed by atoms with E-state index in [9.17, 15) is 4.79 Å². The van der Waals surface area contributed by atoms with Crippen LogP contribution in [0.25, 0.3) is 0 Å². The fourth-order valence-corrected chi connectivity index (χ4v) is 3.76. The first kappa shape index (κ1) is 18.6. The van der Waals surface area contributed by atoms with Crippen LogP contribution in [0.4, 0.5) is 5.69 Å². The van der Waals surface area contributed by atoms with Gasteiger partial charge in [-0.1, -0.05) is 11.6 Å². The molecule has 1 aromatic carbocycles. The summed E-state index contributed by atoms with van der Waals surface area (Å²) in [6.07, 6.45) is 0.937. The molecule has 3 rings (SSSR count). The molecule has 2 aliphatic rings. The highest BCUT2D eigenvalue weighted by Crippen LogP contribution is 2.27. The maximum Gasteiger partial charge on any atom is 0.231 e. The molecule has 0 spiro atoms. The Labute approximate surface area is 155 Å². The normalized spacial score (nSPS) is 22.7. The van der Waals surface area contributed by atoms with Gasteiger partial charge in [0, 0.05) is 63.1 Å². The summed E-state index contributed by atoms with van der Waals surface area (Å²) in [6, 6.07) is 7.55. The summed E-state index contributed by atoms with van der Waals surface area (Å²) in [7, 11) is 0. The van der Waals surface area contributed by atoms with Crippen LogP contribution in [0.1, 0.15) is 13.3 Å². The van der Waals surface area contributed by atoms with Crippen molar-refractivity contribution in [3.63, 3.8) is 0 Å². The first-order valence-corrected chi connectivity index (χ1v) is 9.64. The minimum atomic E-state index is 0.116. The maximum absolute atomic E-state index is 12.7. The van der Waals surface area contributed by atoms with Gasteiger partial charge in [-0.2, -0.15) is 0 Å². The second kappa shape index (κ2) is 8.99. The van der Waals surface area contributed by atoms with Crippen LogP contribution >= 0.6 is 11.6 Å². The Hall–Kier alpha value is -1.14. The highest BCUT2D eigenvalue weighted by atomic mass is 35.5. The van der Waals surface area contributed by atoms with Gasteiger partial charge in [-0.3, -0.25) is 9.69 Å². The predicted octanol–water partition coefficient (Wildman–Crippen LogP) is 2.35. The number of anilines is 1. The summed E-state index contributed by atoms with van der Waals surface area (Å²) in [4.78, 5) is 19.5. The molecule has 1 amide bonds. The monoisotopic (exact) mass is 365 g/mol. The summed E-state index contributed by atoms with van der Waals surface area (Å²) in [5, 5.41) is 0.703. The number of nitrogens with zero attached hydrogens (tertiary/aromatic N) is 3. The Morgan fingerprint density at radius 3 is 2.44 bits per heavy atom. The van der Waals surface area contributed by atoms with E-state index in [0.29, 0.717) is 5.02 Å². The second-order valence-electron chi connectivity index (χ2n) is 6.79. The molecule has 1 unspecified atom stereocenters. The Bertz CT molecular complexity index is 558. The average Bonchev–Trinajstić information content (AvgIpc) is 2.98. The van der Waals surface area contributed by atoms with Gasteiger partial charge in [0.15, 0.2) is 0 Å². The van der Waals surface area contributed by atoms with Crippen LogP contribution in [0.2, 0.25) is 5.02 Å². The number of ether oxygens (including phenoxy) is 1. The van der Waals surface area contributed by atoms with Crippen molar-refractivity contribution in [2.24, 2.45) is 5.92 Å². The first-order valence-electron chi connectivity index (χ1n) is 9.26. The number of amides is 1. The molecule has 1 atom stereocenters. The van der Waals surface area contributed by atoms with Gasteiger partial charge in [-0.15, -0.1) is 0 Å². The third kappa shape index (κ3) is 4.94. The maximum atomic E-state index is 12.7. The highest BCUT2D eigenvalue weighted by molar-refractivity contribution is 6.30. The smallest absolute Gasteiger partial charge is 0.231 e. The molecule has 2 heterocycles. The van der Waals surface area contributed by atoms with Gasteiger partial charge in [0.2, 0.25) is 5.91 Å². The summed E-state index contributed by atoms with van der Waals surface area (Å²) >= 11 is 5.94. The Balaban J connectivity index is 1.45. The summed E-state index contributed by atoms with van der Waals surface area (Å²) in [5.74, 6) is 0.367. The van der Waals surface area contributed by atoms with Crippen LogP contribution in [0.15, 0.2) is 24.3 Å². The van der Waals surface area contributed by atoms with Gasteiger partial charge in [0.1, 0.15) is 0 Å². The number of carbonyl (C=O) groups excluding carboxylic acids is 1. The van der Waals surface area contributed by atoms with E-state index in [-0.39, 0.29) is 11.8 Å². The molecule has 0 aromatic heterocycles. The summed E-state index contributed by atoms with van der Waals surface area (Å²) in [6.45, 7) is 10.5. The zero-order chi connectivity index (χ0) is 17.6. The molecular formula is C19H28ClN3O2. The van der Waals surface area contributed by atoms with Crippen LogP contribution in [0.5, 0.6) is 0 Å². The lowest BCUT2D eigenvalue weighted by Gasteiger charge is -2.35. The predicted molar refractivity (Wildman–Crippen MR) is 101 cm³/mol. The van der Waals surface area contributed by atoms with Crippen molar-refractivity contribution in [1.29, 1.82) is 0 Å². The second-order valence-corrected chi connectivity index (χ2v) is 7.23. The zero-order valence-electron chi connectivity index (χ0n) is 15.0. The zero-order valence-corrected chi connectivity index (χ0v) is 15.7. The van der Waals surface area contributed by atoms with E-state index in [1.165, 1.54) is 0 Å². The number of piperazine rings is 1. The van der Waals surface area contributed by atoms with Gasteiger partial charge in [-0.05, 0) is 37.6 Å². The van der Waals surface area contributed by atoms with E-state index >= 15 is 0 Å². The first-order chi connectivity index (χ1) is 12.2. The SMILES string of the molecule is CCOCCN1CCN(CC2CCN(c3ccc(Cl)cc3)C2=O)CC1. The van der Waals surface area contributed by atoms with Gasteiger partial charge in [0.25, 0.3) is 0 Å². The third-order valence-corrected chi connectivity index (χ3v) is 5.41. The Morgan fingerprint density at radius 2 is 1.76 bits per heavy atom. The molecule has 0 saturated carbocycles. The van der Waals surface area contributed by atoms with Crippen molar-refractivity contribution < 1.29 is 9.53 Å². The fraction of sp³-hybridized carbons (Fsp3) is 0.632. The molecule has 0 radical (unpaired) electrons. The van der Waals surface area contributed by atoms with Crippen molar-refractivity contribution >= 4 is 23.2 Å². The molecule has 1 aromatic rings. The number of carbonyl (C=O) groups is 1.